The Bertz CT molecular complexity index is 958. The molecule has 1 saturated heterocycles. The molecule has 0 saturated carbocycles. The van der Waals surface area contributed by atoms with Gasteiger partial charge in [-0.1, -0.05) is 12.1 Å². The van der Waals surface area contributed by atoms with Crippen LogP contribution in [0.5, 0.6) is 0 Å². The normalized spacial score (nSPS) is 17.2. The van der Waals surface area contributed by atoms with E-state index in [1.807, 2.05) is 42.6 Å². The van der Waals surface area contributed by atoms with Gasteiger partial charge in [0.05, 0.1) is 11.6 Å². The van der Waals surface area contributed by atoms with Gasteiger partial charge in [-0.2, -0.15) is 5.10 Å². The van der Waals surface area contributed by atoms with Crippen molar-refractivity contribution < 1.29 is 14.3 Å². The van der Waals surface area contributed by atoms with Crippen molar-refractivity contribution in [1.82, 2.24) is 14.6 Å². The van der Waals surface area contributed by atoms with Crippen molar-refractivity contribution in [3.8, 4) is 0 Å². The lowest BCUT2D eigenvalue weighted by atomic mass is 10.1. The van der Waals surface area contributed by atoms with E-state index in [9.17, 15) is 4.79 Å². The third-order valence-electron chi connectivity index (χ3n) is 5.05. The van der Waals surface area contributed by atoms with Crippen LogP contribution in [0.2, 0.25) is 0 Å². The van der Waals surface area contributed by atoms with Crippen molar-refractivity contribution in [2.24, 2.45) is 0 Å². The summed E-state index contributed by atoms with van der Waals surface area (Å²) in [5.74, 6) is -0.190. The molecule has 2 aromatic heterocycles. The molecular formula is C20H23N3O3. The van der Waals surface area contributed by atoms with Crippen LogP contribution in [0.4, 0.5) is 0 Å². The Hall–Kier alpha value is -2.47. The summed E-state index contributed by atoms with van der Waals surface area (Å²) in [6.45, 7) is 5.14. The van der Waals surface area contributed by atoms with Gasteiger partial charge in [0.15, 0.2) is 5.65 Å². The van der Waals surface area contributed by atoms with E-state index in [2.05, 4.69) is 5.10 Å². The number of aryl methyl sites for hydroxylation is 2. The number of ether oxygens (including phenoxy) is 2. The highest BCUT2D eigenvalue weighted by atomic mass is 16.6. The highest BCUT2D eigenvalue weighted by molar-refractivity contribution is 5.92. The van der Waals surface area contributed by atoms with Crippen molar-refractivity contribution >= 4 is 22.5 Å². The zero-order valence-corrected chi connectivity index (χ0v) is 15.2. The highest BCUT2D eigenvalue weighted by Crippen LogP contribution is 2.23. The number of carbonyl (C=O) groups excluding carboxylic acids is 1. The van der Waals surface area contributed by atoms with E-state index in [1.165, 1.54) is 0 Å². The van der Waals surface area contributed by atoms with E-state index in [-0.39, 0.29) is 12.1 Å². The molecule has 136 valence electrons. The number of rotatable bonds is 5. The lowest BCUT2D eigenvalue weighted by Gasteiger charge is -2.12. The molecule has 6 heteroatoms. The molecule has 1 aliphatic heterocycles. The molecule has 0 radical (unpaired) electrons. The molecule has 3 heterocycles. The maximum atomic E-state index is 12.1. The molecule has 0 bridgehead atoms. The highest BCUT2D eigenvalue weighted by Gasteiger charge is 2.18. The molecule has 6 nitrogen and oxygen atoms in total. The molecule has 1 aromatic carbocycles. The zero-order valence-electron chi connectivity index (χ0n) is 15.2. The summed E-state index contributed by atoms with van der Waals surface area (Å²) in [6.07, 6.45) is 3.02. The monoisotopic (exact) mass is 353 g/mol. The third-order valence-corrected chi connectivity index (χ3v) is 5.05. The first-order valence-corrected chi connectivity index (χ1v) is 9.14. The van der Waals surface area contributed by atoms with E-state index in [0.29, 0.717) is 19.4 Å². The molecule has 3 aromatic rings. The molecule has 0 N–H and O–H groups in total. The number of carbonyl (C=O) groups is 1. The van der Waals surface area contributed by atoms with Gasteiger partial charge in [0.2, 0.25) is 0 Å². The second-order valence-corrected chi connectivity index (χ2v) is 6.83. The summed E-state index contributed by atoms with van der Waals surface area (Å²) in [5, 5.41) is 5.70. The van der Waals surface area contributed by atoms with Crippen LogP contribution in [0.25, 0.3) is 16.6 Å². The van der Waals surface area contributed by atoms with Crippen LogP contribution in [0, 0.1) is 13.8 Å². The average molecular weight is 353 g/mol. The minimum Gasteiger partial charge on any atom is -0.463 e. The van der Waals surface area contributed by atoms with Gasteiger partial charge in [-0.25, -0.2) is 9.50 Å². The Morgan fingerprint density at radius 3 is 3.00 bits per heavy atom. The van der Waals surface area contributed by atoms with Crippen LogP contribution in [0.1, 0.15) is 36.2 Å². The van der Waals surface area contributed by atoms with Gasteiger partial charge in [0.25, 0.3) is 0 Å². The number of benzene rings is 1. The Morgan fingerprint density at radius 2 is 2.19 bits per heavy atom. The lowest BCUT2D eigenvalue weighted by Crippen LogP contribution is -2.18. The predicted molar refractivity (Wildman–Crippen MR) is 98.2 cm³/mol. The second kappa shape index (κ2) is 7.03. The number of hydrogen-bond donors (Lipinski definition) is 0. The van der Waals surface area contributed by atoms with Crippen LogP contribution < -0.4 is 0 Å². The van der Waals surface area contributed by atoms with Crippen LogP contribution >= 0.6 is 0 Å². The number of aromatic nitrogens is 3. The maximum absolute atomic E-state index is 12.1. The Labute approximate surface area is 152 Å². The third kappa shape index (κ3) is 3.17. The molecule has 1 atom stereocenters. The molecule has 0 amide bonds. The number of fused-ring (bicyclic) bond motifs is 3. The first kappa shape index (κ1) is 17.0. The molecular weight excluding hydrogens is 330 g/mol. The van der Waals surface area contributed by atoms with Crippen LogP contribution in [-0.2, 0) is 20.7 Å². The quantitative estimate of drug-likeness (QED) is 0.659. The second-order valence-electron chi connectivity index (χ2n) is 6.83. The summed E-state index contributed by atoms with van der Waals surface area (Å²) < 4.78 is 12.7. The SMILES string of the molecule is Cc1nc2c3ccccc3nn2c(C)c1CCC(=O)OC[C@H]1CCCO1. The van der Waals surface area contributed by atoms with Gasteiger partial charge in [-0.3, -0.25) is 4.79 Å². The van der Waals surface area contributed by atoms with E-state index < -0.39 is 0 Å². The summed E-state index contributed by atoms with van der Waals surface area (Å²) >= 11 is 0. The molecule has 0 aliphatic carbocycles. The van der Waals surface area contributed by atoms with Crippen LogP contribution in [0.15, 0.2) is 24.3 Å². The fourth-order valence-corrected chi connectivity index (χ4v) is 3.60. The van der Waals surface area contributed by atoms with Crippen molar-refractivity contribution in [3.63, 3.8) is 0 Å². The van der Waals surface area contributed by atoms with Crippen LogP contribution in [0.3, 0.4) is 0 Å². The van der Waals surface area contributed by atoms with Crippen molar-refractivity contribution in [1.29, 1.82) is 0 Å². The average Bonchev–Trinajstić information content (AvgIpc) is 3.28. The summed E-state index contributed by atoms with van der Waals surface area (Å²) in [7, 11) is 0. The Balaban J connectivity index is 1.50. The Kier molecular flexibility index (Phi) is 4.59. The fourth-order valence-electron chi connectivity index (χ4n) is 3.60. The van der Waals surface area contributed by atoms with Gasteiger partial charge in [-0.15, -0.1) is 0 Å². The molecule has 1 fully saturated rings. The van der Waals surface area contributed by atoms with E-state index in [0.717, 1.165) is 52.9 Å². The summed E-state index contributed by atoms with van der Waals surface area (Å²) in [5.41, 5.74) is 4.80. The number of hydrogen-bond acceptors (Lipinski definition) is 5. The van der Waals surface area contributed by atoms with E-state index in [1.54, 1.807) is 0 Å². The van der Waals surface area contributed by atoms with Crippen molar-refractivity contribution in [2.75, 3.05) is 13.2 Å². The van der Waals surface area contributed by atoms with Gasteiger partial charge < -0.3 is 9.47 Å². The fraction of sp³-hybridized carbons (Fsp3) is 0.450. The number of nitrogens with zero attached hydrogens (tertiary/aromatic N) is 3. The lowest BCUT2D eigenvalue weighted by molar-refractivity contribution is -0.146. The molecule has 26 heavy (non-hydrogen) atoms. The topological polar surface area (TPSA) is 65.7 Å². The summed E-state index contributed by atoms with van der Waals surface area (Å²) in [6, 6.07) is 7.99. The smallest absolute Gasteiger partial charge is 0.306 e. The molecule has 1 aliphatic rings. The first-order chi connectivity index (χ1) is 12.6. The standard InChI is InChI=1S/C20H23N3O3/c1-13-16(9-10-19(24)26-12-15-6-5-11-25-15)14(2)23-20(21-13)17-7-3-4-8-18(17)22-23/h3-4,7-8,15H,5-6,9-12H2,1-2H3/t15-/m1/s1. The van der Waals surface area contributed by atoms with Gasteiger partial charge in [0, 0.05) is 29.8 Å². The molecule has 0 unspecified atom stereocenters. The Morgan fingerprint density at radius 1 is 1.35 bits per heavy atom. The van der Waals surface area contributed by atoms with Gasteiger partial charge in [-0.05, 0) is 50.8 Å². The summed E-state index contributed by atoms with van der Waals surface area (Å²) in [4.78, 5) is 16.8. The zero-order chi connectivity index (χ0) is 18.1. The minimum atomic E-state index is -0.190. The predicted octanol–water partition coefficient (Wildman–Crippen LogP) is 3.15. The molecule has 0 spiro atoms. The van der Waals surface area contributed by atoms with Crippen molar-refractivity contribution in [3.05, 3.63) is 41.2 Å². The maximum Gasteiger partial charge on any atom is 0.306 e. The van der Waals surface area contributed by atoms with E-state index in [4.69, 9.17) is 14.5 Å². The molecule has 4 rings (SSSR count). The van der Waals surface area contributed by atoms with Crippen LogP contribution in [-0.4, -0.2) is 39.9 Å². The largest absolute Gasteiger partial charge is 0.463 e. The van der Waals surface area contributed by atoms with Gasteiger partial charge >= 0.3 is 5.97 Å². The first-order valence-electron chi connectivity index (χ1n) is 9.14. The van der Waals surface area contributed by atoms with Crippen molar-refractivity contribution in [2.45, 2.75) is 45.6 Å². The number of esters is 1. The van der Waals surface area contributed by atoms with E-state index >= 15 is 0 Å². The van der Waals surface area contributed by atoms with Gasteiger partial charge in [0.1, 0.15) is 6.61 Å². The minimum absolute atomic E-state index is 0.0666.